The van der Waals surface area contributed by atoms with Crippen LogP contribution in [0.2, 0.25) is 5.28 Å². The molecule has 0 unspecified atom stereocenters. The molecule has 4 aromatic rings. The Labute approximate surface area is 158 Å². The number of hydrogen-bond donors (Lipinski definition) is 1. The van der Waals surface area contributed by atoms with Crippen LogP contribution < -0.4 is 5.32 Å². The van der Waals surface area contributed by atoms with Gasteiger partial charge in [0.2, 0.25) is 5.28 Å². The second-order valence-corrected chi connectivity index (χ2v) is 6.31. The molecule has 8 heteroatoms. The zero-order valence-electron chi connectivity index (χ0n) is 16.3. The molecule has 0 atom stereocenters. The minimum absolute atomic E-state index is 0.0218. The van der Waals surface area contributed by atoms with E-state index in [-0.39, 0.29) is 17.1 Å². The number of anilines is 1. The maximum atomic E-state index is 8.66. The van der Waals surface area contributed by atoms with Gasteiger partial charge >= 0.3 is 0 Å². The number of hydrogen-bond acceptors (Lipinski definition) is 5. The molecule has 3 heterocycles. The molecular formula is C18H18ClN7. The highest BCUT2D eigenvalue weighted by molar-refractivity contribution is 6.28. The molecule has 0 aliphatic rings. The predicted octanol–water partition coefficient (Wildman–Crippen LogP) is 3.86. The van der Waals surface area contributed by atoms with Crippen LogP contribution in [-0.2, 0) is 6.50 Å². The van der Waals surface area contributed by atoms with E-state index in [2.05, 4.69) is 25.4 Å². The van der Waals surface area contributed by atoms with Gasteiger partial charge < -0.3 is 9.88 Å². The van der Waals surface area contributed by atoms with Crippen molar-refractivity contribution in [3.63, 3.8) is 0 Å². The summed E-state index contributed by atoms with van der Waals surface area (Å²) in [7, 11) is 0. The number of fused-ring (bicyclic) bond motifs is 1. The van der Waals surface area contributed by atoms with E-state index in [9.17, 15) is 0 Å². The minimum atomic E-state index is -1.96. The maximum absolute atomic E-state index is 8.66. The lowest BCUT2D eigenvalue weighted by Crippen LogP contribution is -2.08. The Morgan fingerprint density at radius 3 is 2.85 bits per heavy atom. The first-order valence-corrected chi connectivity index (χ1v) is 8.52. The van der Waals surface area contributed by atoms with Crippen LogP contribution in [0.1, 0.15) is 28.2 Å². The summed E-state index contributed by atoms with van der Waals surface area (Å²) in [6, 6.07) is 9.03. The van der Waals surface area contributed by atoms with Gasteiger partial charge in [0.25, 0.3) is 0 Å². The molecule has 26 heavy (non-hydrogen) atoms. The average molecular weight is 370 g/mol. The first-order chi connectivity index (χ1) is 13.4. The van der Waals surface area contributed by atoms with Crippen LogP contribution in [0.25, 0.3) is 16.9 Å². The minimum Gasteiger partial charge on any atom is -0.364 e. The molecule has 0 aliphatic carbocycles. The van der Waals surface area contributed by atoms with Crippen molar-refractivity contribution < 1.29 is 2.74 Å². The van der Waals surface area contributed by atoms with Gasteiger partial charge in [-0.2, -0.15) is 15.1 Å². The zero-order chi connectivity index (χ0) is 19.9. The van der Waals surface area contributed by atoms with E-state index >= 15 is 0 Å². The monoisotopic (exact) mass is 369 g/mol. The molecular weight excluding hydrogens is 350 g/mol. The van der Waals surface area contributed by atoms with Gasteiger partial charge in [0, 0.05) is 24.9 Å². The number of benzene rings is 1. The molecule has 0 spiro atoms. The van der Waals surface area contributed by atoms with Gasteiger partial charge in [-0.1, -0.05) is 18.2 Å². The summed E-state index contributed by atoms with van der Waals surface area (Å²) in [5, 5.41) is 7.09. The van der Waals surface area contributed by atoms with Crippen molar-refractivity contribution in [3.05, 3.63) is 59.9 Å². The van der Waals surface area contributed by atoms with Crippen LogP contribution in [-0.4, -0.2) is 29.3 Å². The molecule has 1 N–H and O–H groups in total. The van der Waals surface area contributed by atoms with E-state index in [1.165, 1.54) is 0 Å². The number of imidazole rings is 1. The molecule has 0 amide bonds. The fraction of sp³-hybridized carbons (Fsp3) is 0.222. The van der Waals surface area contributed by atoms with Gasteiger partial charge in [0.15, 0.2) is 17.0 Å². The van der Waals surface area contributed by atoms with Gasteiger partial charge in [-0.25, -0.2) is 9.67 Å². The van der Waals surface area contributed by atoms with Crippen molar-refractivity contribution in [1.29, 1.82) is 0 Å². The van der Waals surface area contributed by atoms with Crippen molar-refractivity contribution in [3.8, 4) is 5.69 Å². The number of nitrogens with one attached hydrogen (secondary N) is 1. The van der Waals surface area contributed by atoms with E-state index in [1.807, 2.05) is 24.5 Å². The van der Waals surface area contributed by atoms with Crippen LogP contribution in [0.4, 0.5) is 5.82 Å². The smallest absolute Gasteiger partial charge is 0.226 e. The highest BCUT2D eigenvalue weighted by atomic mass is 35.5. The van der Waals surface area contributed by atoms with Crippen LogP contribution in [0.15, 0.2) is 49.1 Å². The average Bonchev–Trinajstić information content (AvgIpc) is 3.31. The Hall–Kier alpha value is -2.93. The normalized spacial score (nSPS) is 13.1. The number of rotatable bonds is 5. The molecule has 1 aromatic carbocycles. The van der Waals surface area contributed by atoms with Gasteiger partial charge in [-0.15, -0.1) is 0 Å². The van der Waals surface area contributed by atoms with Gasteiger partial charge in [0.1, 0.15) is 0 Å². The molecule has 3 aromatic heterocycles. The number of nitrogens with zero attached hydrogens (tertiary/aromatic N) is 6. The summed E-state index contributed by atoms with van der Waals surface area (Å²) in [4.78, 5) is 12.8. The van der Waals surface area contributed by atoms with Crippen molar-refractivity contribution in [1.82, 2.24) is 29.3 Å². The third-order valence-electron chi connectivity index (χ3n) is 3.92. The van der Waals surface area contributed by atoms with E-state index in [4.69, 9.17) is 14.3 Å². The van der Waals surface area contributed by atoms with Gasteiger partial charge in [0.05, 0.1) is 14.8 Å². The number of para-hydroxylation sites is 1. The SMILES string of the molecule is [2H]C([2H])(Nc1nc(Cl)nc2c1ncn2C(C)C)c1ccccc1-n1cccn1. The molecule has 0 saturated carbocycles. The van der Waals surface area contributed by atoms with Crippen LogP contribution >= 0.6 is 11.6 Å². The van der Waals surface area contributed by atoms with Gasteiger partial charge in [-0.3, -0.25) is 0 Å². The van der Waals surface area contributed by atoms with Crippen molar-refractivity contribution in [2.45, 2.75) is 26.4 Å². The first kappa shape index (κ1) is 14.3. The second-order valence-electron chi connectivity index (χ2n) is 5.98. The van der Waals surface area contributed by atoms with Crippen LogP contribution in [0.5, 0.6) is 0 Å². The Balaban J connectivity index is 1.80. The van der Waals surface area contributed by atoms with Gasteiger partial charge in [-0.05, 0) is 43.1 Å². The fourth-order valence-electron chi connectivity index (χ4n) is 2.67. The van der Waals surface area contributed by atoms with E-state index in [0.717, 1.165) is 0 Å². The van der Waals surface area contributed by atoms with E-state index in [1.54, 1.807) is 47.7 Å². The predicted molar refractivity (Wildman–Crippen MR) is 102 cm³/mol. The Morgan fingerprint density at radius 1 is 1.23 bits per heavy atom. The van der Waals surface area contributed by atoms with E-state index < -0.39 is 6.50 Å². The lowest BCUT2D eigenvalue weighted by Gasteiger charge is -2.12. The molecule has 0 saturated heterocycles. The fourth-order valence-corrected chi connectivity index (χ4v) is 2.84. The van der Waals surface area contributed by atoms with Crippen LogP contribution in [0.3, 0.4) is 0 Å². The molecule has 4 rings (SSSR count). The third-order valence-corrected chi connectivity index (χ3v) is 4.09. The molecule has 132 valence electrons. The zero-order valence-corrected chi connectivity index (χ0v) is 15.0. The lowest BCUT2D eigenvalue weighted by molar-refractivity contribution is 0.612. The molecule has 0 fully saturated rings. The summed E-state index contributed by atoms with van der Waals surface area (Å²) in [6.45, 7) is 2.04. The summed E-state index contributed by atoms with van der Waals surface area (Å²) in [6.07, 6.45) is 5.06. The summed E-state index contributed by atoms with van der Waals surface area (Å²) in [5.41, 5.74) is 2.03. The first-order valence-electron chi connectivity index (χ1n) is 9.14. The lowest BCUT2D eigenvalue weighted by atomic mass is 10.2. The molecule has 0 radical (unpaired) electrons. The third kappa shape index (κ3) is 3.01. The Bertz CT molecular complexity index is 1120. The van der Waals surface area contributed by atoms with Crippen molar-refractivity contribution in [2.75, 3.05) is 5.32 Å². The highest BCUT2D eigenvalue weighted by Crippen LogP contribution is 2.24. The van der Waals surface area contributed by atoms with Crippen molar-refractivity contribution >= 4 is 28.6 Å². The van der Waals surface area contributed by atoms with E-state index in [0.29, 0.717) is 22.4 Å². The number of aromatic nitrogens is 6. The summed E-state index contributed by atoms with van der Waals surface area (Å²) in [5.74, 6) is 0.231. The topological polar surface area (TPSA) is 73.5 Å². The quantitative estimate of drug-likeness (QED) is 0.541. The van der Waals surface area contributed by atoms with Crippen LogP contribution in [0, 0.1) is 0 Å². The molecule has 0 aliphatic heterocycles. The Kier molecular flexibility index (Phi) is 3.71. The number of halogens is 1. The largest absolute Gasteiger partial charge is 0.364 e. The summed E-state index contributed by atoms with van der Waals surface area (Å²) >= 11 is 6.10. The summed E-state index contributed by atoms with van der Waals surface area (Å²) < 4.78 is 20.8. The maximum Gasteiger partial charge on any atom is 0.226 e. The highest BCUT2D eigenvalue weighted by Gasteiger charge is 2.14. The Morgan fingerprint density at radius 2 is 2.08 bits per heavy atom. The standard InChI is InChI=1S/C18H18ClN7/c1-12(2)25-11-21-15-16(23-18(19)24-17(15)25)20-10-13-6-3-4-7-14(13)26-9-5-8-22-26/h3-9,11-12H,10H2,1-2H3,(H,20,23,24)/i10D2. The van der Waals surface area contributed by atoms with Crippen molar-refractivity contribution in [2.24, 2.45) is 0 Å². The molecule has 0 bridgehead atoms. The second kappa shape index (κ2) is 6.76. The molecule has 7 nitrogen and oxygen atoms in total.